The van der Waals surface area contributed by atoms with Crippen LogP contribution in [0, 0.1) is 0 Å². The lowest BCUT2D eigenvalue weighted by Gasteiger charge is -2.11. The summed E-state index contributed by atoms with van der Waals surface area (Å²) in [5, 5.41) is 0. The molecule has 1 aromatic heterocycles. The molecule has 1 aliphatic rings. The van der Waals surface area contributed by atoms with E-state index < -0.39 is 0 Å². The third kappa shape index (κ3) is 2.25. The van der Waals surface area contributed by atoms with Gasteiger partial charge in [0.2, 0.25) is 0 Å². The average Bonchev–Trinajstić information content (AvgIpc) is 2.95. The van der Waals surface area contributed by atoms with E-state index in [1.807, 2.05) is 6.07 Å². The first-order valence-corrected chi connectivity index (χ1v) is 7.96. The van der Waals surface area contributed by atoms with Crippen LogP contribution in [0.25, 0.3) is 0 Å². The van der Waals surface area contributed by atoms with E-state index in [-0.39, 0.29) is 6.04 Å². The molecule has 2 aromatic rings. The number of fused-ring (bicyclic) bond motifs is 1. The van der Waals surface area contributed by atoms with E-state index in [1.54, 1.807) is 11.3 Å². The first kappa shape index (κ1) is 12.7. The minimum absolute atomic E-state index is 0.0790. The molecule has 1 unspecified atom stereocenters. The van der Waals surface area contributed by atoms with Crippen molar-refractivity contribution in [2.24, 2.45) is 5.73 Å². The van der Waals surface area contributed by atoms with Crippen LogP contribution in [0.3, 0.4) is 0 Å². The Labute approximate surface area is 124 Å². The van der Waals surface area contributed by atoms with Gasteiger partial charge in [-0.15, -0.1) is 11.3 Å². The standard InChI is InChI=1S/C14H13BrClNS/c15-11-7-12(18-14(11)16)13(17)10-5-4-8-2-1-3-9(8)6-10/h4-7,13H,1-3,17H2. The van der Waals surface area contributed by atoms with Crippen LogP contribution in [0.5, 0.6) is 0 Å². The van der Waals surface area contributed by atoms with Crippen LogP contribution >= 0.6 is 38.9 Å². The van der Waals surface area contributed by atoms with E-state index in [2.05, 4.69) is 34.1 Å². The quantitative estimate of drug-likeness (QED) is 0.841. The highest BCUT2D eigenvalue weighted by Gasteiger charge is 2.17. The number of thiophene rings is 1. The van der Waals surface area contributed by atoms with Gasteiger partial charge in [-0.1, -0.05) is 29.8 Å². The molecule has 4 heteroatoms. The summed E-state index contributed by atoms with van der Waals surface area (Å²) in [5.74, 6) is 0. The van der Waals surface area contributed by atoms with E-state index >= 15 is 0 Å². The number of benzene rings is 1. The topological polar surface area (TPSA) is 26.0 Å². The summed E-state index contributed by atoms with van der Waals surface area (Å²) in [5.41, 5.74) is 10.5. The van der Waals surface area contributed by atoms with E-state index in [4.69, 9.17) is 17.3 Å². The number of hydrogen-bond donors (Lipinski definition) is 1. The molecular weight excluding hydrogens is 330 g/mol. The van der Waals surface area contributed by atoms with Gasteiger partial charge in [0.15, 0.2) is 0 Å². The highest BCUT2D eigenvalue weighted by molar-refractivity contribution is 9.10. The molecule has 0 aliphatic heterocycles. The van der Waals surface area contributed by atoms with Crippen LogP contribution in [-0.2, 0) is 12.8 Å². The highest BCUT2D eigenvalue weighted by Crippen LogP contribution is 2.37. The second-order valence-electron chi connectivity index (χ2n) is 4.63. The van der Waals surface area contributed by atoms with E-state index in [0.29, 0.717) is 0 Å². The molecule has 1 aromatic carbocycles. The third-order valence-electron chi connectivity index (χ3n) is 3.45. The predicted octanol–water partition coefficient (Wildman–Crippen LogP) is 4.70. The van der Waals surface area contributed by atoms with Gasteiger partial charge in [0.05, 0.1) is 6.04 Å². The van der Waals surface area contributed by atoms with Gasteiger partial charge in [0.25, 0.3) is 0 Å². The third-order valence-corrected chi connectivity index (χ3v) is 6.01. The van der Waals surface area contributed by atoms with Gasteiger partial charge < -0.3 is 5.73 Å². The Morgan fingerprint density at radius 1 is 1.22 bits per heavy atom. The maximum atomic E-state index is 6.32. The SMILES string of the molecule is NC(c1ccc2c(c1)CCC2)c1cc(Br)c(Cl)s1. The maximum absolute atomic E-state index is 6.32. The molecule has 1 atom stereocenters. The summed E-state index contributed by atoms with van der Waals surface area (Å²) in [6.07, 6.45) is 3.66. The molecule has 3 rings (SSSR count). The van der Waals surface area contributed by atoms with Crippen LogP contribution in [0.2, 0.25) is 4.34 Å². The second-order valence-corrected chi connectivity index (χ2v) is 7.17. The summed E-state index contributed by atoms with van der Waals surface area (Å²) in [6, 6.07) is 8.57. The molecule has 18 heavy (non-hydrogen) atoms. The Kier molecular flexibility index (Phi) is 3.50. The number of hydrogen-bond acceptors (Lipinski definition) is 2. The fraction of sp³-hybridized carbons (Fsp3) is 0.286. The van der Waals surface area contributed by atoms with Crippen LogP contribution in [0.4, 0.5) is 0 Å². The highest BCUT2D eigenvalue weighted by atomic mass is 79.9. The first-order valence-electron chi connectivity index (χ1n) is 5.97. The van der Waals surface area contributed by atoms with Crippen molar-refractivity contribution < 1.29 is 0 Å². The summed E-state index contributed by atoms with van der Waals surface area (Å²) < 4.78 is 1.70. The van der Waals surface area contributed by atoms with Gasteiger partial charge in [-0.25, -0.2) is 0 Å². The normalized spacial score (nSPS) is 15.7. The fourth-order valence-corrected chi connectivity index (χ4v) is 4.23. The van der Waals surface area contributed by atoms with Gasteiger partial charge in [-0.05, 0) is 57.9 Å². The Bertz CT molecular complexity index is 574. The Morgan fingerprint density at radius 2 is 2.00 bits per heavy atom. The summed E-state index contributed by atoms with van der Waals surface area (Å²) >= 11 is 11.0. The van der Waals surface area contributed by atoms with Gasteiger partial charge in [-0.3, -0.25) is 0 Å². The first-order chi connectivity index (χ1) is 8.65. The molecule has 0 amide bonds. The zero-order valence-corrected chi connectivity index (χ0v) is 12.9. The minimum Gasteiger partial charge on any atom is -0.320 e. The van der Waals surface area contributed by atoms with E-state index in [0.717, 1.165) is 13.7 Å². The zero-order valence-electron chi connectivity index (χ0n) is 9.75. The lowest BCUT2D eigenvalue weighted by molar-refractivity contribution is 0.886. The van der Waals surface area contributed by atoms with Crippen molar-refractivity contribution in [2.75, 3.05) is 0 Å². The molecule has 1 aliphatic carbocycles. The summed E-state index contributed by atoms with van der Waals surface area (Å²) in [4.78, 5) is 1.10. The van der Waals surface area contributed by atoms with Crippen LogP contribution in [-0.4, -0.2) is 0 Å². The average molecular weight is 343 g/mol. The minimum atomic E-state index is -0.0790. The predicted molar refractivity (Wildman–Crippen MR) is 81.5 cm³/mol. The summed E-state index contributed by atoms with van der Waals surface area (Å²) in [7, 11) is 0. The summed E-state index contributed by atoms with van der Waals surface area (Å²) in [6.45, 7) is 0. The molecule has 0 radical (unpaired) electrons. The zero-order chi connectivity index (χ0) is 12.7. The van der Waals surface area contributed by atoms with Crippen molar-refractivity contribution in [3.05, 3.63) is 54.6 Å². The molecule has 0 fully saturated rings. The molecule has 0 saturated heterocycles. The van der Waals surface area contributed by atoms with Crippen molar-refractivity contribution in [1.29, 1.82) is 0 Å². The molecular formula is C14H13BrClNS. The van der Waals surface area contributed by atoms with Crippen LogP contribution < -0.4 is 5.73 Å². The van der Waals surface area contributed by atoms with Gasteiger partial charge in [-0.2, -0.15) is 0 Å². The Hall–Kier alpha value is -0.350. The number of halogens is 2. The lowest BCUT2D eigenvalue weighted by Crippen LogP contribution is -2.10. The fourth-order valence-electron chi connectivity index (χ4n) is 2.47. The largest absolute Gasteiger partial charge is 0.320 e. The lowest BCUT2D eigenvalue weighted by atomic mass is 10.0. The monoisotopic (exact) mass is 341 g/mol. The Balaban J connectivity index is 1.94. The van der Waals surface area contributed by atoms with Gasteiger partial charge in [0.1, 0.15) is 4.34 Å². The smallest absolute Gasteiger partial charge is 0.107 e. The van der Waals surface area contributed by atoms with Gasteiger partial charge in [0, 0.05) is 9.35 Å². The molecule has 1 heterocycles. The van der Waals surface area contributed by atoms with Crippen molar-refractivity contribution in [1.82, 2.24) is 0 Å². The molecule has 0 spiro atoms. The van der Waals surface area contributed by atoms with Gasteiger partial charge >= 0.3 is 0 Å². The number of rotatable bonds is 2. The second kappa shape index (κ2) is 4.97. The molecule has 1 nitrogen and oxygen atoms in total. The molecule has 2 N–H and O–H groups in total. The number of aryl methyl sites for hydroxylation is 2. The molecule has 0 bridgehead atoms. The maximum Gasteiger partial charge on any atom is 0.107 e. The van der Waals surface area contributed by atoms with Crippen molar-refractivity contribution >= 4 is 38.9 Å². The van der Waals surface area contributed by atoms with Crippen LogP contribution in [0.1, 0.15) is 34.0 Å². The number of nitrogens with two attached hydrogens (primary N) is 1. The van der Waals surface area contributed by atoms with Crippen molar-refractivity contribution in [3.8, 4) is 0 Å². The van der Waals surface area contributed by atoms with Crippen molar-refractivity contribution in [2.45, 2.75) is 25.3 Å². The van der Waals surface area contributed by atoms with Crippen molar-refractivity contribution in [3.63, 3.8) is 0 Å². The van der Waals surface area contributed by atoms with E-state index in [9.17, 15) is 0 Å². The van der Waals surface area contributed by atoms with Crippen LogP contribution in [0.15, 0.2) is 28.7 Å². The molecule has 0 saturated carbocycles. The van der Waals surface area contributed by atoms with E-state index in [1.165, 1.54) is 36.0 Å². The molecule has 94 valence electrons. The Morgan fingerprint density at radius 3 is 2.72 bits per heavy atom.